The minimum atomic E-state index is -1.94. The fourth-order valence-corrected chi connectivity index (χ4v) is 9.17. The molecule has 190 valence electrons. The van der Waals surface area contributed by atoms with E-state index in [2.05, 4.69) is 127 Å². The maximum absolute atomic E-state index is 8.96. The summed E-state index contributed by atoms with van der Waals surface area (Å²) in [6.07, 6.45) is 6.72. The molecule has 0 amide bonds. The van der Waals surface area contributed by atoms with E-state index < -0.39 is 7.26 Å². The first-order valence-corrected chi connectivity index (χ1v) is 15.1. The third-order valence-corrected chi connectivity index (χ3v) is 11.3. The highest BCUT2D eigenvalue weighted by molar-refractivity contribution is 7.95. The molecule has 0 aliphatic heterocycles. The van der Waals surface area contributed by atoms with Gasteiger partial charge in [0.25, 0.3) is 0 Å². The molecule has 5 aromatic rings. The lowest BCUT2D eigenvalue weighted by atomic mass is 10.1. The summed E-state index contributed by atoms with van der Waals surface area (Å²) < 4.78 is 0. The summed E-state index contributed by atoms with van der Waals surface area (Å²) in [5, 5.41) is 22.1. The first-order chi connectivity index (χ1) is 19.7. The molecule has 40 heavy (non-hydrogen) atoms. The van der Waals surface area contributed by atoms with E-state index in [4.69, 9.17) is 10.5 Å². The Bertz CT molecular complexity index is 1580. The summed E-state index contributed by atoms with van der Waals surface area (Å²) in [6.45, 7) is 0. The zero-order valence-electron chi connectivity index (χ0n) is 22.1. The van der Waals surface area contributed by atoms with Crippen molar-refractivity contribution in [2.24, 2.45) is 0 Å². The Morgan fingerprint density at radius 2 is 0.875 bits per heavy atom. The lowest BCUT2D eigenvalue weighted by Gasteiger charge is -2.28. The number of nitrogens with zero attached hydrogens (tertiary/aromatic N) is 2. The van der Waals surface area contributed by atoms with Gasteiger partial charge in [-0.25, -0.2) is 0 Å². The molecule has 0 heterocycles. The molecule has 0 N–H and O–H groups in total. The molecule has 0 fully saturated rings. The third-order valence-electron chi connectivity index (χ3n) is 6.95. The second-order valence-corrected chi connectivity index (χ2v) is 13.0. The first-order valence-electron chi connectivity index (χ1n) is 13.2. The van der Waals surface area contributed by atoms with Crippen molar-refractivity contribution in [2.75, 3.05) is 0 Å². The Balaban J connectivity index is 1.44. The summed E-state index contributed by atoms with van der Waals surface area (Å²) >= 11 is 0. The molecule has 0 saturated carbocycles. The normalized spacial score (nSPS) is 10.9. The Morgan fingerprint density at radius 3 is 1.27 bits per heavy atom. The maximum atomic E-state index is 8.96. The zero-order valence-corrected chi connectivity index (χ0v) is 23.0. The molecule has 0 radical (unpaired) electrons. The highest BCUT2D eigenvalue weighted by atomic mass is 31.2. The molecular weight excluding hydrogens is 503 g/mol. The molecule has 0 aliphatic rings. The minimum absolute atomic E-state index is 0.0987. The van der Waals surface area contributed by atoms with Crippen molar-refractivity contribution < 1.29 is 0 Å². The summed E-state index contributed by atoms with van der Waals surface area (Å²) in [4.78, 5) is 0. The Kier molecular flexibility index (Phi) is 8.44. The molecule has 2 nitrogen and oxygen atoms in total. The average molecular weight is 532 g/mol. The molecule has 0 bridgehead atoms. The van der Waals surface area contributed by atoms with Gasteiger partial charge in [0.15, 0.2) is 0 Å². The van der Waals surface area contributed by atoms with Gasteiger partial charge < -0.3 is 0 Å². The van der Waals surface area contributed by atoms with Crippen molar-refractivity contribution in [2.45, 2.75) is 6.16 Å². The Morgan fingerprint density at radius 1 is 0.500 bits per heavy atom. The Hall–Kier alpha value is -5.01. The van der Waals surface area contributed by atoms with Gasteiger partial charge in [-0.05, 0) is 64.7 Å². The van der Waals surface area contributed by atoms with Crippen LogP contribution in [0.3, 0.4) is 0 Å². The van der Waals surface area contributed by atoms with Crippen LogP contribution in [0, 0.1) is 22.7 Å². The van der Waals surface area contributed by atoms with E-state index in [1.54, 1.807) is 6.08 Å². The average Bonchev–Trinajstić information content (AvgIpc) is 3.04. The number of nitriles is 2. The van der Waals surface area contributed by atoms with E-state index in [1.165, 1.54) is 21.5 Å². The van der Waals surface area contributed by atoms with E-state index in [1.807, 2.05) is 36.4 Å². The quantitative estimate of drug-likeness (QED) is 0.117. The highest BCUT2D eigenvalue weighted by Crippen LogP contribution is 2.58. The predicted molar refractivity (Wildman–Crippen MR) is 170 cm³/mol. The first kappa shape index (κ1) is 26.6. The fourth-order valence-electron chi connectivity index (χ4n) is 4.93. The van der Waals surface area contributed by atoms with Gasteiger partial charge in [0, 0.05) is 0 Å². The van der Waals surface area contributed by atoms with Crippen LogP contribution in [-0.4, -0.2) is 0 Å². The van der Waals surface area contributed by atoms with Gasteiger partial charge in [0.1, 0.15) is 40.9 Å². The summed E-state index contributed by atoms with van der Waals surface area (Å²) in [5.74, 6) is 0. The van der Waals surface area contributed by atoms with Crippen LogP contribution in [0.4, 0.5) is 0 Å². The number of allylic oxidation sites excluding steroid dienone is 1. The van der Waals surface area contributed by atoms with Crippen LogP contribution in [0.1, 0.15) is 22.3 Å². The van der Waals surface area contributed by atoms with Gasteiger partial charge in [0.2, 0.25) is 0 Å². The number of hydrogen-bond donors (Lipinski definition) is 0. The van der Waals surface area contributed by atoms with E-state index in [-0.39, 0.29) is 5.57 Å². The van der Waals surface area contributed by atoms with Crippen LogP contribution < -0.4 is 15.9 Å². The van der Waals surface area contributed by atoms with Crippen molar-refractivity contribution in [3.05, 3.63) is 167 Å². The fraction of sp³-hybridized carbons (Fsp3) is 0.0270. The topological polar surface area (TPSA) is 47.6 Å². The van der Waals surface area contributed by atoms with E-state index >= 15 is 0 Å². The lowest BCUT2D eigenvalue weighted by Crippen LogP contribution is -2.32. The van der Waals surface area contributed by atoms with Gasteiger partial charge in [-0.3, -0.25) is 0 Å². The molecule has 0 atom stereocenters. The largest absolute Gasteiger partial charge is 0.192 e. The molecule has 0 aromatic heterocycles. The standard InChI is InChI=1S/C37H28N2P/c38-27-34(28-39)26-32-22-18-30(19-23-32)16-17-31-20-24-33(25-21-31)29-40(35-10-4-1-5-11-35,36-12-6-2-7-13-36)37-14-8-3-9-15-37/h1-26H,29H2/q+1. The van der Waals surface area contributed by atoms with E-state index in [9.17, 15) is 0 Å². The number of rotatable bonds is 8. The monoisotopic (exact) mass is 531 g/mol. The molecule has 0 unspecified atom stereocenters. The van der Waals surface area contributed by atoms with Crippen LogP contribution in [0.2, 0.25) is 0 Å². The Labute approximate surface area is 237 Å². The summed E-state index contributed by atoms with van der Waals surface area (Å²) in [6, 6.07) is 53.4. The summed E-state index contributed by atoms with van der Waals surface area (Å²) in [7, 11) is -1.94. The van der Waals surface area contributed by atoms with Gasteiger partial charge in [-0.15, -0.1) is 0 Å². The van der Waals surface area contributed by atoms with Gasteiger partial charge in [-0.1, -0.05) is 115 Å². The van der Waals surface area contributed by atoms with Crippen molar-refractivity contribution >= 4 is 41.4 Å². The highest BCUT2D eigenvalue weighted by Gasteiger charge is 2.45. The lowest BCUT2D eigenvalue weighted by molar-refractivity contribution is 1.38. The SMILES string of the molecule is N#CC(C#N)=Cc1ccc(C=Cc2ccc(C[P+](c3ccccc3)(c3ccccc3)c3ccccc3)cc2)cc1. The van der Waals surface area contributed by atoms with Crippen LogP contribution >= 0.6 is 7.26 Å². The van der Waals surface area contributed by atoms with E-state index in [0.29, 0.717) is 0 Å². The van der Waals surface area contributed by atoms with Crippen molar-refractivity contribution in [1.82, 2.24) is 0 Å². The number of benzene rings is 5. The maximum Gasteiger partial charge on any atom is 0.130 e. The summed E-state index contributed by atoms with van der Waals surface area (Å²) in [5.41, 5.74) is 4.43. The van der Waals surface area contributed by atoms with Crippen LogP contribution in [0.5, 0.6) is 0 Å². The smallest absolute Gasteiger partial charge is 0.130 e. The molecule has 5 aromatic carbocycles. The van der Waals surface area contributed by atoms with Gasteiger partial charge >= 0.3 is 0 Å². The van der Waals surface area contributed by atoms with Crippen LogP contribution in [0.25, 0.3) is 18.2 Å². The minimum Gasteiger partial charge on any atom is -0.192 e. The molecular formula is C37H28N2P+. The van der Waals surface area contributed by atoms with Crippen molar-refractivity contribution in [3.63, 3.8) is 0 Å². The zero-order chi connectivity index (χ0) is 27.6. The van der Waals surface area contributed by atoms with Crippen LogP contribution in [0.15, 0.2) is 145 Å². The van der Waals surface area contributed by atoms with Gasteiger partial charge in [0.05, 0.1) is 6.16 Å². The predicted octanol–water partition coefficient (Wildman–Crippen LogP) is 7.78. The number of hydrogen-bond acceptors (Lipinski definition) is 2. The second-order valence-electron chi connectivity index (χ2n) is 9.50. The molecule has 0 saturated heterocycles. The molecule has 3 heteroatoms. The molecule has 0 aliphatic carbocycles. The molecule has 5 rings (SSSR count). The second kappa shape index (κ2) is 12.7. The van der Waals surface area contributed by atoms with E-state index in [0.717, 1.165) is 22.9 Å². The third kappa shape index (κ3) is 6.00. The molecule has 0 spiro atoms. The van der Waals surface area contributed by atoms with Crippen molar-refractivity contribution in [3.8, 4) is 12.1 Å². The van der Waals surface area contributed by atoms with Crippen LogP contribution in [-0.2, 0) is 6.16 Å². The van der Waals surface area contributed by atoms with Crippen molar-refractivity contribution in [1.29, 1.82) is 10.5 Å². The van der Waals surface area contributed by atoms with Gasteiger partial charge in [-0.2, -0.15) is 10.5 Å².